The number of anilines is 1. The van der Waals surface area contributed by atoms with E-state index < -0.39 is 0 Å². The van der Waals surface area contributed by atoms with Crippen LogP contribution in [0, 0.1) is 11.3 Å². The van der Waals surface area contributed by atoms with Crippen LogP contribution in [0.3, 0.4) is 0 Å². The predicted molar refractivity (Wildman–Crippen MR) is 80.8 cm³/mol. The molecular weight excluding hydrogens is 264 g/mol. The molecule has 1 aromatic heterocycles. The molecule has 1 fully saturated rings. The maximum absolute atomic E-state index is 10.3. The molecule has 1 aliphatic rings. The Morgan fingerprint density at radius 1 is 1.14 bits per heavy atom. The number of nitrogens with one attached hydrogen (secondary N) is 1. The number of benzene rings is 1. The summed E-state index contributed by atoms with van der Waals surface area (Å²) in [6.07, 6.45) is 4.62. The van der Waals surface area contributed by atoms with E-state index >= 15 is 0 Å². The molecule has 5 heteroatoms. The molecule has 1 saturated carbocycles. The van der Waals surface area contributed by atoms with E-state index in [0.29, 0.717) is 5.69 Å². The Hall–Kier alpha value is -2.19. The first-order chi connectivity index (χ1) is 10.3. The van der Waals surface area contributed by atoms with Crippen LogP contribution in [0.15, 0.2) is 24.3 Å². The van der Waals surface area contributed by atoms with Crippen LogP contribution in [0.5, 0.6) is 0 Å². The minimum atomic E-state index is -0.383. The third-order valence-electron chi connectivity index (χ3n) is 4.08. The fraction of sp³-hybridized carbons (Fsp3) is 0.438. The summed E-state index contributed by atoms with van der Waals surface area (Å²) in [7, 11) is 0. The summed E-state index contributed by atoms with van der Waals surface area (Å²) >= 11 is 0. The van der Waals surface area contributed by atoms with E-state index in [1.807, 2.05) is 24.3 Å². The van der Waals surface area contributed by atoms with Crippen molar-refractivity contribution in [3.63, 3.8) is 0 Å². The van der Waals surface area contributed by atoms with Crippen LogP contribution < -0.4 is 5.32 Å². The average molecular weight is 282 g/mol. The Morgan fingerprint density at radius 3 is 2.81 bits per heavy atom. The highest BCUT2D eigenvalue weighted by Gasteiger charge is 2.23. The number of nitriles is 1. The van der Waals surface area contributed by atoms with Gasteiger partial charge in [-0.1, -0.05) is 37.5 Å². The number of hydrogen-bond acceptors (Lipinski definition) is 5. The largest absolute Gasteiger partial charge is 0.391 e. The summed E-state index contributed by atoms with van der Waals surface area (Å²) in [5, 5.41) is 31.8. The summed E-state index contributed by atoms with van der Waals surface area (Å²) in [4.78, 5) is 0. The van der Waals surface area contributed by atoms with Gasteiger partial charge in [0.05, 0.1) is 23.3 Å². The van der Waals surface area contributed by atoms with Crippen molar-refractivity contribution in [2.45, 2.75) is 44.2 Å². The third-order valence-corrected chi connectivity index (χ3v) is 4.08. The Balaban J connectivity index is 2.00. The van der Waals surface area contributed by atoms with Crippen molar-refractivity contribution in [2.24, 2.45) is 0 Å². The Morgan fingerprint density at radius 2 is 1.95 bits per heavy atom. The van der Waals surface area contributed by atoms with Gasteiger partial charge >= 0.3 is 0 Å². The van der Waals surface area contributed by atoms with Crippen molar-refractivity contribution in [2.75, 3.05) is 5.32 Å². The molecule has 0 radical (unpaired) electrons. The first-order valence-electron chi connectivity index (χ1n) is 7.39. The van der Waals surface area contributed by atoms with E-state index in [0.717, 1.165) is 43.0 Å². The molecule has 0 saturated heterocycles. The van der Waals surface area contributed by atoms with Gasteiger partial charge in [0.1, 0.15) is 6.07 Å². The molecule has 5 nitrogen and oxygen atoms in total. The fourth-order valence-electron chi connectivity index (χ4n) is 2.92. The van der Waals surface area contributed by atoms with Crippen LogP contribution in [0.4, 0.5) is 5.69 Å². The molecule has 0 aliphatic heterocycles. The second kappa shape index (κ2) is 6.06. The zero-order chi connectivity index (χ0) is 14.7. The van der Waals surface area contributed by atoms with Crippen LogP contribution in [0.1, 0.15) is 37.8 Å². The van der Waals surface area contributed by atoms with Crippen LogP contribution >= 0.6 is 0 Å². The molecular formula is C16H18N4O. The first kappa shape index (κ1) is 13.8. The molecule has 1 heterocycles. The average Bonchev–Trinajstić information content (AvgIpc) is 2.72. The van der Waals surface area contributed by atoms with E-state index in [-0.39, 0.29) is 17.8 Å². The smallest absolute Gasteiger partial charge is 0.186 e. The summed E-state index contributed by atoms with van der Waals surface area (Å²) in [5.41, 5.74) is 1.72. The molecule has 3 rings (SSSR count). The first-order valence-corrected chi connectivity index (χ1v) is 7.39. The van der Waals surface area contributed by atoms with E-state index in [1.165, 1.54) is 0 Å². The van der Waals surface area contributed by atoms with Crippen molar-refractivity contribution in [3.05, 3.63) is 30.0 Å². The summed E-state index contributed by atoms with van der Waals surface area (Å²) in [5.74, 6) is 0. The number of hydrogen-bond donors (Lipinski definition) is 2. The van der Waals surface area contributed by atoms with E-state index in [9.17, 15) is 10.4 Å². The molecule has 2 N–H and O–H groups in total. The number of rotatable bonds is 2. The van der Waals surface area contributed by atoms with Crippen LogP contribution in [0.25, 0.3) is 10.9 Å². The van der Waals surface area contributed by atoms with Gasteiger partial charge in [-0.05, 0) is 18.9 Å². The van der Waals surface area contributed by atoms with Crippen LogP contribution in [-0.4, -0.2) is 27.4 Å². The lowest BCUT2D eigenvalue weighted by Crippen LogP contribution is -2.33. The molecule has 1 aromatic carbocycles. The van der Waals surface area contributed by atoms with E-state index in [1.54, 1.807) is 0 Å². The van der Waals surface area contributed by atoms with Crippen molar-refractivity contribution in [1.82, 2.24) is 10.2 Å². The second-order valence-corrected chi connectivity index (χ2v) is 5.51. The van der Waals surface area contributed by atoms with Crippen LogP contribution in [0.2, 0.25) is 0 Å². The fourth-order valence-corrected chi connectivity index (χ4v) is 2.92. The third kappa shape index (κ3) is 2.81. The van der Waals surface area contributed by atoms with Gasteiger partial charge in [0, 0.05) is 5.39 Å². The van der Waals surface area contributed by atoms with Crippen molar-refractivity contribution < 1.29 is 5.11 Å². The van der Waals surface area contributed by atoms with Gasteiger partial charge in [-0.2, -0.15) is 5.26 Å². The van der Waals surface area contributed by atoms with Gasteiger partial charge in [-0.15, -0.1) is 10.2 Å². The van der Waals surface area contributed by atoms with Gasteiger partial charge in [0.25, 0.3) is 0 Å². The van der Waals surface area contributed by atoms with Gasteiger partial charge < -0.3 is 10.4 Å². The van der Waals surface area contributed by atoms with Crippen molar-refractivity contribution in [1.29, 1.82) is 5.26 Å². The van der Waals surface area contributed by atoms with Gasteiger partial charge in [-0.3, -0.25) is 0 Å². The monoisotopic (exact) mass is 282 g/mol. The highest BCUT2D eigenvalue weighted by Crippen LogP contribution is 2.28. The predicted octanol–water partition coefficient (Wildman–Crippen LogP) is 2.61. The van der Waals surface area contributed by atoms with E-state index in [4.69, 9.17) is 0 Å². The molecule has 2 atom stereocenters. The Labute approximate surface area is 123 Å². The maximum Gasteiger partial charge on any atom is 0.186 e. The van der Waals surface area contributed by atoms with Crippen molar-refractivity contribution in [3.8, 4) is 6.07 Å². The highest BCUT2D eigenvalue weighted by molar-refractivity contribution is 5.92. The van der Waals surface area contributed by atoms with Gasteiger partial charge in [0.2, 0.25) is 0 Å². The number of fused-ring (bicyclic) bond motifs is 1. The SMILES string of the molecule is N#Cc1nnc2ccccc2c1NC1CCCCCC1O. The molecule has 108 valence electrons. The quantitative estimate of drug-likeness (QED) is 0.827. The molecule has 0 amide bonds. The zero-order valence-corrected chi connectivity index (χ0v) is 11.8. The number of aliphatic hydroxyl groups is 1. The minimum Gasteiger partial charge on any atom is -0.391 e. The molecule has 0 bridgehead atoms. The standard InChI is InChI=1S/C16H18N4O/c17-10-14-16(11-6-4-5-7-12(11)19-20-14)18-13-8-2-1-3-9-15(13)21/h4-7,13,15,21H,1-3,8-9H2,(H,18,19). The van der Waals surface area contributed by atoms with Crippen molar-refractivity contribution >= 4 is 16.6 Å². The number of nitrogens with zero attached hydrogens (tertiary/aromatic N) is 3. The van der Waals surface area contributed by atoms with Gasteiger partial charge in [-0.25, -0.2) is 0 Å². The normalized spacial score (nSPS) is 22.5. The molecule has 0 spiro atoms. The van der Waals surface area contributed by atoms with E-state index in [2.05, 4.69) is 21.6 Å². The summed E-state index contributed by atoms with van der Waals surface area (Å²) in [6, 6.07) is 9.67. The lowest BCUT2D eigenvalue weighted by Gasteiger charge is -2.23. The number of aromatic nitrogens is 2. The lowest BCUT2D eigenvalue weighted by atomic mass is 10.0. The lowest BCUT2D eigenvalue weighted by molar-refractivity contribution is 0.144. The molecule has 2 unspecified atom stereocenters. The maximum atomic E-state index is 10.3. The Bertz CT molecular complexity index is 680. The molecule has 2 aromatic rings. The van der Waals surface area contributed by atoms with Gasteiger partial charge in [0.15, 0.2) is 5.69 Å². The number of aliphatic hydroxyl groups excluding tert-OH is 1. The highest BCUT2D eigenvalue weighted by atomic mass is 16.3. The minimum absolute atomic E-state index is 0.0350. The topological polar surface area (TPSA) is 81.8 Å². The molecule has 1 aliphatic carbocycles. The Kier molecular flexibility index (Phi) is 3.98. The second-order valence-electron chi connectivity index (χ2n) is 5.51. The summed E-state index contributed by atoms with van der Waals surface area (Å²) in [6.45, 7) is 0. The van der Waals surface area contributed by atoms with Crippen LogP contribution in [-0.2, 0) is 0 Å². The summed E-state index contributed by atoms with van der Waals surface area (Å²) < 4.78 is 0. The zero-order valence-electron chi connectivity index (χ0n) is 11.8. The molecule has 21 heavy (non-hydrogen) atoms.